The maximum Gasteiger partial charge on any atom is 0.252 e. The van der Waals surface area contributed by atoms with Gasteiger partial charge in [-0.05, 0) is 31.4 Å². The van der Waals surface area contributed by atoms with Crippen molar-refractivity contribution >= 4 is 27.5 Å². The van der Waals surface area contributed by atoms with E-state index in [1.54, 1.807) is 0 Å². The average Bonchev–Trinajstić information content (AvgIpc) is 3.09. The van der Waals surface area contributed by atoms with Gasteiger partial charge in [0.15, 0.2) is 9.84 Å². The molecule has 1 aromatic carbocycles. The van der Waals surface area contributed by atoms with Crippen molar-refractivity contribution < 1.29 is 13.2 Å². The summed E-state index contributed by atoms with van der Waals surface area (Å²) in [5.74, 6) is 0.452. The third kappa shape index (κ3) is 3.84. The first-order chi connectivity index (χ1) is 10.5. The van der Waals surface area contributed by atoms with Crippen molar-refractivity contribution in [3.8, 4) is 0 Å². The quantitative estimate of drug-likeness (QED) is 0.916. The molecular weight excluding hydrogens is 318 g/mol. The van der Waals surface area contributed by atoms with Crippen LogP contribution in [-0.4, -0.2) is 37.1 Å². The first-order valence-corrected chi connectivity index (χ1v) is 10.5. The van der Waals surface area contributed by atoms with Gasteiger partial charge in [0.25, 0.3) is 5.91 Å². The highest BCUT2D eigenvalue weighted by molar-refractivity contribution is 8.02. The SMILES string of the molecule is O=C(NC1CCCC1)c1ccccc1S[C@H]1CCS(=O)(=O)C1. The number of hydrogen-bond donors (Lipinski definition) is 1. The number of thioether (sulfide) groups is 1. The van der Waals surface area contributed by atoms with E-state index in [1.807, 2.05) is 24.3 Å². The van der Waals surface area contributed by atoms with Crippen LogP contribution in [0.1, 0.15) is 42.5 Å². The van der Waals surface area contributed by atoms with Gasteiger partial charge in [-0.15, -0.1) is 11.8 Å². The fraction of sp³-hybridized carbons (Fsp3) is 0.562. The zero-order valence-corrected chi connectivity index (χ0v) is 14.1. The van der Waals surface area contributed by atoms with Crippen LogP contribution < -0.4 is 5.32 Å². The standard InChI is InChI=1S/C16H21NO3S2/c18-16(17-12-5-1-2-6-12)14-7-3-4-8-15(14)21-13-9-10-22(19,20)11-13/h3-4,7-8,12-13H,1-2,5-6,9-11H2,(H,17,18)/t13-/m0/s1. The van der Waals surface area contributed by atoms with Gasteiger partial charge in [-0.3, -0.25) is 4.79 Å². The minimum atomic E-state index is -2.89. The van der Waals surface area contributed by atoms with Gasteiger partial charge in [0, 0.05) is 16.2 Å². The lowest BCUT2D eigenvalue weighted by Crippen LogP contribution is -2.32. The lowest BCUT2D eigenvalue weighted by atomic mass is 10.2. The van der Waals surface area contributed by atoms with E-state index in [0.29, 0.717) is 12.0 Å². The summed E-state index contributed by atoms with van der Waals surface area (Å²) in [6, 6.07) is 7.80. The first-order valence-electron chi connectivity index (χ1n) is 7.80. The Morgan fingerprint density at radius 2 is 1.86 bits per heavy atom. The predicted octanol–water partition coefficient (Wildman–Crippen LogP) is 2.64. The molecule has 1 heterocycles. The number of amides is 1. The number of carbonyl (C=O) groups excluding carboxylic acids is 1. The van der Waals surface area contributed by atoms with Crippen LogP contribution >= 0.6 is 11.8 Å². The molecule has 1 amide bonds. The van der Waals surface area contributed by atoms with Crippen LogP contribution in [0.25, 0.3) is 0 Å². The Balaban J connectivity index is 1.70. The van der Waals surface area contributed by atoms with E-state index in [4.69, 9.17) is 0 Å². The van der Waals surface area contributed by atoms with Crippen molar-refractivity contribution in [3.63, 3.8) is 0 Å². The highest BCUT2D eigenvalue weighted by atomic mass is 32.2. The highest BCUT2D eigenvalue weighted by Crippen LogP contribution is 2.33. The molecule has 1 aromatic rings. The molecule has 3 rings (SSSR count). The van der Waals surface area contributed by atoms with Crippen LogP contribution in [0.2, 0.25) is 0 Å². The Hall–Kier alpha value is -1.01. The summed E-state index contributed by atoms with van der Waals surface area (Å²) >= 11 is 1.53. The summed E-state index contributed by atoms with van der Waals surface area (Å²) < 4.78 is 23.2. The molecule has 1 saturated carbocycles. The van der Waals surface area contributed by atoms with Crippen molar-refractivity contribution in [2.45, 2.75) is 48.3 Å². The van der Waals surface area contributed by atoms with E-state index in [9.17, 15) is 13.2 Å². The van der Waals surface area contributed by atoms with Gasteiger partial charge in [0.1, 0.15) is 0 Å². The van der Waals surface area contributed by atoms with Crippen molar-refractivity contribution in [2.24, 2.45) is 0 Å². The van der Waals surface area contributed by atoms with E-state index in [2.05, 4.69) is 5.32 Å². The molecule has 22 heavy (non-hydrogen) atoms. The summed E-state index contributed by atoms with van der Waals surface area (Å²) in [7, 11) is -2.89. The van der Waals surface area contributed by atoms with Gasteiger partial charge in [0.05, 0.1) is 17.1 Å². The fourth-order valence-electron chi connectivity index (χ4n) is 3.12. The second kappa shape index (κ2) is 6.62. The molecule has 0 radical (unpaired) electrons. The van der Waals surface area contributed by atoms with E-state index in [-0.39, 0.29) is 28.7 Å². The third-order valence-corrected chi connectivity index (χ3v) is 7.63. The molecule has 1 aliphatic heterocycles. The minimum absolute atomic E-state index is 0.0316. The monoisotopic (exact) mass is 339 g/mol. The molecule has 120 valence electrons. The van der Waals surface area contributed by atoms with Gasteiger partial charge in [-0.25, -0.2) is 8.42 Å². The first kappa shape index (κ1) is 15.9. The van der Waals surface area contributed by atoms with Crippen LogP contribution in [0.3, 0.4) is 0 Å². The molecule has 2 fully saturated rings. The third-order valence-electron chi connectivity index (χ3n) is 4.31. The molecule has 0 bridgehead atoms. The van der Waals surface area contributed by atoms with Gasteiger partial charge < -0.3 is 5.32 Å². The molecule has 1 saturated heterocycles. The number of hydrogen-bond acceptors (Lipinski definition) is 4. The number of benzene rings is 1. The molecule has 0 aromatic heterocycles. The number of nitrogens with one attached hydrogen (secondary N) is 1. The van der Waals surface area contributed by atoms with Crippen LogP contribution in [0.15, 0.2) is 29.2 Å². The van der Waals surface area contributed by atoms with Crippen LogP contribution in [0, 0.1) is 0 Å². The number of sulfone groups is 1. The van der Waals surface area contributed by atoms with Gasteiger partial charge in [-0.2, -0.15) is 0 Å². The van der Waals surface area contributed by atoms with Crippen molar-refractivity contribution in [3.05, 3.63) is 29.8 Å². The van der Waals surface area contributed by atoms with Gasteiger partial charge >= 0.3 is 0 Å². The lowest BCUT2D eigenvalue weighted by Gasteiger charge is -2.15. The predicted molar refractivity (Wildman–Crippen MR) is 89.1 cm³/mol. The Kier molecular flexibility index (Phi) is 4.78. The maximum atomic E-state index is 12.5. The summed E-state index contributed by atoms with van der Waals surface area (Å²) in [6.07, 6.45) is 5.15. The maximum absolute atomic E-state index is 12.5. The van der Waals surface area contributed by atoms with Gasteiger partial charge in [-0.1, -0.05) is 25.0 Å². The van der Waals surface area contributed by atoms with E-state index >= 15 is 0 Å². The molecule has 1 aliphatic carbocycles. The van der Waals surface area contributed by atoms with E-state index < -0.39 is 9.84 Å². The summed E-state index contributed by atoms with van der Waals surface area (Å²) in [5.41, 5.74) is 0.670. The fourth-order valence-corrected chi connectivity index (χ4v) is 6.75. The molecule has 1 N–H and O–H groups in total. The van der Waals surface area contributed by atoms with Crippen molar-refractivity contribution in [1.29, 1.82) is 0 Å². The van der Waals surface area contributed by atoms with E-state index in [0.717, 1.165) is 17.7 Å². The topological polar surface area (TPSA) is 63.2 Å². The normalized spacial score (nSPS) is 24.5. The molecule has 4 nitrogen and oxygen atoms in total. The van der Waals surface area contributed by atoms with Gasteiger partial charge in [0.2, 0.25) is 0 Å². The van der Waals surface area contributed by atoms with Crippen LogP contribution in [0.5, 0.6) is 0 Å². The number of carbonyl (C=O) groups is 1. The van der Waals surface area contributed by atoms with Crippen LogP contribution in [-0.2, 0) is 9.84 Å². The molecule has 0 unspecified atom stereocenters. The molecule has 0 spiro atoms. The summed E-state index contributed by atoms with van der Waals surface area (Å²) in [5, 5.41) is 3.17. The second-order valence-corrected chi connectivity index (χ2v) is 9.66. The molecule has 6 heteroatoms. The zero-order chi connectivity index (χ0) is 15.6. The van der Waals surface area contributed by atoms with Crippen LogP contribution in [0.4, 0.5) is 0 Å². The molecule has 2 aliphatic rings. The largest absolute Gasteiger partial charge is 0.349 e. The van der Waals surface area contributed by atoms with Crippen molar-refractivity contribution in [1.82, 2.24) is 5.32 Å². The van der Waals surface area contributed by atoms with E-state index in [1.165, 1.54) is 24.6 Å². The van der Waals surface area contributed by atoms with Crippen molar-refractivity contribution in [2.75, 3.05) is 11.5 Å². The molecule has 1 atom stereocenters. The minimum Gasteiger partial charge on any atom is -0.349 e. The summed E-state index contributed by atoms with van der Waals surface area (Å²) in [4.78, 5) is 13.4. The lowest BCUT2D eigenvalue weighted by molar-refractivity contribution is 0.0935. The Labute approximate surface area is 136 Å². The highest BCUT2D eigenvalue weighted by Gasteiger charge is 2.29. The Morgan fingerprint density at radius 3 is 2.55 bits per heavy atom. The zero-order valence-electron chi connectivity index (χ0n) is 12.5. The number of rotatable bonds is 4. The Bertz CT molecular complexity index is 651. The average molecular weight is 339 g/mol. The smallest absolute Gasteiger partial charge is 0.252 e. The summed E-state index contributed by atoms with van der Waals surface area (Å²) in [6.45, 7) is 0. The Morgan fingerprint density at radius 1 is 1.14 bits per heavy atom. The molecular formula is C16H21NO3S2. The second-order valence-electron chi connectivity index (χ2n) is 6.09.